The third kappa shape index (κ3) is 3.31. The highest BCUT2D eigenvalue weighted by atomic mass is 16.2. The van der Waals surface area contributed by atoms with Gasteiger partial charge in [-0.1, -0.05) is 13.8 Å². The van der Waals surface area contributed by atoms with Crippen LogP contribution in [0.5, 0.6) is 0 Å². The van der Waals surface area contributed by atoms with E-state index in [1.54, 1.807) is 4.68 Å². The highest BCUT2D eigenvalue weighted by molar-refractivity contribution is 5.92. The maximum atomic E-state index is 12.8. The van der Waals surface area contributed by atoms with E-state index < -0.39 is 0 Å². The fraction of sp³-hybridized carbons (Fsp3) is 0.706. The van der Waals surface area contributed by atoms with Gasteiger partial charge in [-0.3, -0.25) is 14.3 Å². The van der Waals surface area contributed by atoms with E-state index in [-0.39, 0.29) is 17.9 Å². The molecule has 0 spiro atoms. The molecule has 0 aliphatic carbocycles. The van der Waals surface area contributed by atoms with Crippen LogP contribution in [0.2, 0.25) is 0 Å². The minimum Gasteiger partial charge on any atom is -0.336 e. The second-order valence-corrected chi connectivity index (χ2v) is 7.04. The SMILES string of the molecule is CC(C)c1cc(C(=O)N2CCCC(N3CCNCC3=O)C2)nn1C. The fourth-order valence-corrected chi connectivity index (χ4v) is 3.69. The molecule has 0 aromatic carbocycles. The van der Waals surface area contributed by atoms with Crippen LogP contribution in [0.25, 0.3) is 0 Å². The van der Waals surface area contributed by atoms with Gasteiger partial charge >= 0.3 is 0 Å². The van der Waals surface area contributed by atoms with Crippen molar-refractivity contribution in [2.45, 2.75) is 38.6 Å². The van der Waals surface area contributed by atoms with E-state index in [4.69, 9.17) is 0 Å². The van der Waals surface area contributed by atoms with Crippen LogP contribution in [0.1, 0.15) is 48.8 Å². The molecule has 3 heterocycles. The maximum absolute atomic E-state index is 12.8. The number of aromatic nitrogens is 2. The zero-order valence-corrected chi connectivity index (χ0v) is 14.8. The maximum Gasteiger partial charge on any atom is 0.274 e. The molecule has 1 atom stereocenters. The van der Waals surface area contributed by atoms with Crippen LogP contribution in [-0.2, 0) is 11.8 Å². The number of hydrogen-bond donors (Lipinski definition) is 1. The molecular formula is C17H27N5O2. The largest absolute Gasteiger partial charge is 0.336 e. The van der Waals surface area contributed by atoms with Crippen molar-refractivity contribution < 1.29 is 9.59 Å². The van der Waals surface area contributed by atoms with Gasteiger partial charge in [0.1, 0.15) is 0 Å². The second-order valence-electron chi connectivity index (χ2n) is 7.04. The molecule has 3 rings (SSSR count). The fourth-order valence-electron chi connectivity index (χ4n) is 3.69. The molecule has 0 bridgehead atoms. The molecule has 2 fully saturated rings. The molecule has 1 aromatic rings. The molecule has 0 saturated carbocycles. The van der Waals surface area contributed by atoms with Crippen LogP contribution in [0.4, 0.5) is 0 Å². The molecule has 2 aliphatic rings. The number of rotatable bonds is 3. The van der Waals surface area contributed by atoms with Gasteiger partial charge in [0.15, 0.2) is 5.69 Å². The number of piperazine rings is 1. The van der Waals surface area contributed by atoms with E-state index in [1.165, 1.54) is 0 Å². The number of carbonyl (C=O) groups excluding carboxylic acids is 2. The molecule has 2 saturated heterocycles. The number of nitrogens with zero attached hydrogens (tertiary/aromatic N) is 4. The number of amides is 2. The number of piperidine rings is 1. The predicted octanol–water partition coefficient (Wildman–Crippen LogP) is 0.580. The van der Waals surface area contributed by atoms with Gasteiger partial charge < -0.3 is 15.1 Å². The Morgan fingerprint density at radius 1 is 1.38 bits per heavy atom. The van der Waals surface area contributed by atoms with Gasteiger partial charge in [0, 0.05) is 45.0 Å². The Balaban J connectivity index is 1.71. The Labute approximate surface area is 143 Å². The first-order chi connectivity index (χ1) is 11.5. The zero-order chi connectivity index (χ0) is 17.3. The smallest absolute Gasteiger partial charge is 0.274 e. The summed E-state index contributed by atoms with van der Waals surface area (Å²) < 4.78 is 1.79. The van der Waals surface area contributed by atoms with Gasteiger partial charge in [-0.2, -0.15) is 5.10 Å². The monoisotopic (exact) mass is 333 g/mol. The van der Waals surface area contributed by atoms with Gasteiger partial charge in [0.2, 0.25) is 5.91 Å². The highest BCUT2D eigenvalue weighted by Gasteiger charge is 2.32. The van der Waals surface area contributed by atoms with Crippen LogP contribution in [0.15, 0.2) is 6.07 Å². The molecule has 2 amide bonds. The van der Waals surface area contributed by atoms with E-state index in [0.717, 1.165) is 38.2 Å². The summed E-state index contributed by atoms with van der Waals surface area (Å²) in [7, 11) is 1.88. The van der Waals surface area contributed by atoms with Crippen molar-refractivity contribution in [3.05, 3.63) is 17.5 Å². The molecule has 7 heteroatoms. The van der Waals surface area contributed by atoms with E-state index in [2.05, 4.69) is 24.3 Å². The van der Waals surface area contributed by atoms with Gasteiger partial charge in [-0.15, -0.1) is 0 Å². The molecule has 1 aromatic heterocycles. The van der Waals surface area contributed by atoms with Crippen LogP contribution in [0.3, 0.4) is 0 Å². The zero-order valence-electron chi connectivity index (χ0n) is 14.8. The summed E-state index contributed by atoms with van der Waals surface area (Å²) in [6.07, 6.45) is 1.90. The van der Waals surface area contributed by atoms with Crippen molar-refractivity contribution in [1.82, 2.24) is 24.9 Å². The number of nitrogens with one attached hydrogen (secondary N) is 1. The van der Waals surface area contributed by atoms with Crippen LogP contribution in [0, 0.1) is 0 Å². The van der Waals surface area contributed by atoms with Crippen molar-refractivity contribution in [2.24, 2.45) is 7.05 Å². The summed E-state index contributed by atoms with van der Waals surface area (Å²) in [6.45, 7) is 7.50. The number of carbonyl (C=O) groups is 2. The summed E-state index contributed by atoms with van der Waals surface area (Å²) in [6, 6.07) is 2.03. The van der Waals surface area contributed by atoms with E-state index >= 15 is 0 Å². The van der Waals surface area contributed by atoms with E-state index in [1.807, 2.05) is 22.9 Å². The van der Waals surface area contributed by atoms with E-state index in [9.17, 15) is 9.59 Å². The number of aryl methyl sites for hydroxylation is 1. The topological polar surface area (TPSA) is 70.5 Å². The molecule has 132 valence electrons. The summed E-state index contributed by atoms with van der Waals surface area (Å²) in [5.41, 5.74) is 1.57. The lowest BCUT2D eigenvalue weighted by Gasteiger charge is -2.40. The average Bonchev–Trinajstić information content (AvgIpc) is 2.97. The Morgan fingerprint density at radius 2 is 2.17 bits per heavy atom. The molecule has 0 radical (unpaired) electrons. The lowest BCUT2D eigenvalue weighted by Crippen LogP contribution is -2.57. The normalized spacial score (nSPS) is 22.3. The van der Waals surface area contributed by atoms with E-state index in [0.29, 0.717) is 24.7 Å². The Morgan fingerprint density at radius 3 is 2.83 bits per heavy atom. The standard InChI is InChI=1S/C17H27N5O2/c1-12(2)15-9-14(19-20(15)3)17(24)21-7-4-5-13(11-21)22-8-6-18-10-16(22)23/h9,12-13,18H,4-8,10-11H2,1-3H3. The quantitative estimate of drug-likeness (QED) is 0.878. The Kier molecular flexibility index (Phi) is 4.89. The molecular weight excluding hydrogens is 306 g/mol. The summed E-state index contributed by atoms with van der Waals surface area (Å²) >= 11 is 0. The minimum atomic E-state index is -0.0233. The van der Waals surface area contributed by atoms with Gasteiger partial charge in [-0.25, -0.2) is 0 Å². The number of likely N-dealkylation sites (tertiary alicyclic amines) is 1. The lowest BCUT2D eigenvalue weighted by molar-refractivity contribution is -0.135. The van der Waals surface area contributed by atoms with Crippen molar-refractivity contribution >= 4 is 11.8 Å². The van der Waals surface area contributed by atoms with Crippen LogP contribution in [-0.4, -0.2) is 70.2 Å². The first kappa shape index (κ1) is 17.0. The summed E-state index contributed by atoms with van der Waals surface area (Å²) in [5, 5.41) is 7.49. The first-order valence-electron chi connectivity index (χ1n) is 8.80. The molecule has 2 aliphatic heterocycles. The molecule has 1 unspecified atom stereocenters. The first-order valence-corrected chi connectivity index (χ1v) is 8.80. The summed E-state index contributed by atoms with van der Waals surface area (Å²) in [5.74, 6) is 0.446. The van der Waals surface area contributed by atoms with Crippen LogP contribution >= 0.6 is 0 Å². The third-order valence-electron chi connectivity index (χ3n) is 4.98. The molecule has 1 N–H and O–H groups in total. The minimum absolute atomic E-state index is 0.0233. The van der Waals surface area contributed by atoms with Crippen molar-refractivity contribution in [2.75, 3.05) is 32.7 Å². The van der Waals surface area contributed by atoms with Gasteiger partial charge in [0.05, 0.1) is 6.54 Å². The average molecular weight is 333 g/mol. The molecule has 24 heavy (non-hydrogen) atoms. The van der Waals surface area contributed by atoms with Gasteiger partial charge in [0.25, 0.3) is 5.91 Å². The van der Waals surface area contributed by atoms with Crippen molar-refractivity contribution in [3.8, 4) is 0 Å². The van der Waals surface area contributed by atoms with Crippen molar-refractivity contribution in [1.29, 1.82) is 0 Å². The van der Waals surface area contributed by atoms with Gasteiger partial charge in [-0.05, 0) is 24.8 Å². The lowest BCUT2D eigenvalue weighted by atomic mass is 10.0. The highest BCUT2D eigenvalue weighted by Crippen LogP contribution is 2.20. The Bertz CT molecular complexity index is 624. The third-order valence-corrected chi connectivity index (χ3v) is 4.98. The predicted molar refractivity (Wildman–Crippen MR) is 90.8 cm³/mol. The van der Waals surface area contributed by atoms with Crippen molar-refractivity contribution in [3.63, 3.8) is 0 Å². The Hall–Kier alpha value is -1.89. The second kappa shape index (κ2) is 6.93. The summed E-state index contributed by atoms with van der Waals surface area (Å²) in [4.78, 5) is 28.7. The van der Waals surface area contributed by atoms with Crippen LogP contribution < -0.4 is 5.32 Å². The number of hydrogen-bond acceptors (Lipinski definition) is 4. The molecule has 7 nitrogen and oxygen atoms in total.